The number of alkyl halides is 2. The number of likely N-dealkylation sites (N-methyl/N-ethyl adjacent to an activating group) is 1. The van der Waals surface area contributed by atoms with Crippen LogP contribution in [0.3, 0.4) is 0 Å². The molecular formula is C6H12Cl2N2. The van der Waals surface area contributed by atoms with Crippen LogP contribution in [0.4, 0.5) is 0 Å². The summed E-state index contributed by atoms with van der Waals surface area (Å²) in [5.74, 6) is 0. The van der Waals surface area contributed by atoms with Gasteiger partial charge >= 0.3 is 0 Å². The molecule has 0 radical (unpaired) electrons. The maximum absolute atomic E-state index is 5.74. The van der Waals surface area contributed by atoms with E-state index in [1.165, 1.54) is 0 Å². The van der Waals surface area contributed by atoms with Gasteiger partial charge in [0.05, 0.1) is 6.04 Å². The molecule has 0 saturated carbocycles. The summed E-state index contributed by atoms with van der Waals surface area (Å²) in [5.41, 5.74) is 0. The standard InChI is InChI=1S/C6H12Cl2N2/c1-10-3-2-9-4-5(10)6(7)8/h5-6,9H,2-4H2,1H3. The van der Waals surface area contributed by atoms with Crippen molar-refractivity contribution in [2.75, 3.05) is 26.7 Å². The monoisotopic (exact) mass is 182 g/mol. The summed E-state index contributed by atoms with van der Waals surface area (Å²) in [4.78, 5) is 1.90. The van der Waals surface area contributed by atoms with E-state index in [0.29, 0.717) is 0 Å². The van der Waals surface area contributed by atoms with Crippen LogP contribution in [-0.2, 0) is 0 Å². The lowest BCUT2D eigenvalue weighted by atomic mass is 10.2. The smallest absolute Gasteiger partial charge is 0.124 e. The molecular weight excluding hydrogens is 171 g/mol. The molecule has 0 aromatic heterocycles. The summed E-state index contributed by atoms with van der Waals surface area (Å²) in [6.07, 6.45) is 0. The molecule has 1 heterocycles. The topological polar surface area (TPSA) is 15.3 Å². The molecule has 0 aromatic rings. The third kappa shape index (κ3) is 1.99. The van der Waals surface area contributed by atoms with Crippen LogP contribution in [0.1, 0.15) is 0 Å². The molecule has 4 heteroatoms. The van der Waals surface area contributed by atoms with Gasteiger partial charge in [-0.3, -0.25) is 4.90 Å². The van der Waals surface area contributed by atoms with E-state index in [9.17, 15) is 0 Å². The molecule has 0 bridgehead atoms. The highest BCUT2D eigenvalue weighted by molar-refractivity contribution is 6.44. The predicted octanol–water partition coefficient (Wildman–Crippen LogP) is 0.694. The SMILES string of the molecule is CN1CCNCC1C(Cl)Cl. The van der Waals surface area contributed by atoms with Crippen molar-refractivity contribution in [1.29, 1.82) is 0 Å². The lowest BCUT2D eigenvalue weighted by Crippen LogP contribution is -2.52. The highest BCUT2D eigenvalue weighted by Crippen LogP contribution is 2.14. The predicted molar refractivity (Wildman–Crippen MR) is 44.8 cm³/mol. The Morgan fingerprint density at radius 2 is 2.30 bits per heavy atom. The Balaban J connectivity index is 2.40. The minimum atomic E-state index is -0.280. The van der Waals surface area contributed by atoms with E-state index >= 15 is 0 Å². The highest BCUT2D eigenvalue weighted by atomic mass is 35.5. The molecule has 1 aliphatic rings. The Morgan fingerprint density at radius 3 is 2.70 bits per heavy atom. The fraction of sp³-hybridized carbons (Fsp3) is 1.00. The number of nitrogens with one attached hydrogen (secondary N) is 1. The summed E-state index contributed by atoms with van der Waals surface area (Å²) in [6.45, 7) is 2.96. The first-order valence-corrected chi connectivity index (χ1v) is 4.28. The van der Waals surface area contributed by atoms with Gasteiger partial charge in [0, 0.05) is 19.6 Å². The fourth-order valence-corrected chi connectivity index (χ4v) is 1.67. The lowest BCUT2D eigenvalue weighted by Gasteiger charge is -2.33. The molecule has 1 aliphatic heterocycles. The van der Waals surface area contributed by atoms with E-state index in [1.54, 1.807) is 0 Å². The van der Waals surface area contributed by atoms with Crippen molar-refractivity contribution >= 4 is 23.2 Å². The van der Waals surface area contributed by atoms with Crippen molar-refractivity contribution < 1.29 is 0 Å². The molecule has 1 fully saturated rings. The maximum Gasteiger partial charge on any atom is 0.124 e. The van der Waals surface area contributed by atoms with Gasteiger partial charge in [-0.25, -0.2) is 0 Å². The van der Waals surface area contributed by atoms with Crippen LogP contribution < -0.4 is 5.32 Å². The van der Waals surface area contributed by atoms with E-state index in [0.717, 1.165) is 19.6 Å². The van der Waals surface area contributed by atoms with Gasteiger partial charge in [-0.2, -0.15) is 0 Å². The summed E-state index contributed by atoms with van der Waals surface area (Å²) < 4.78 is 0. The van der Waals surface area contributed by atoms with Gasteiger partial charge in [0.1, 0.15) is 4.84 Å². The second kappa shape index (κ2) is 3.77. The van der Waals surface area contributed by atoms with Gasteiger partial charge in [-0.05, 0) is 7.05 Å². The molecule has 2 nitrogen and oxygen atoms in total. The highest BCUT2D eigenvalue weighted by Gasteiger charge is 2.23. The minimum absolute atomic E-state index is 0.275. The van der Waals surface area contributed by atoms with Crippen LogP contribution in [0.2, 0.25) is 0 Å². The van der Waals surface area contributed by atoms with Crippen molar-refractivity contribution in [3.63, 3.8) is 0 Å². The molecule has 10 heavy (non-hydrogen) atoms. The average molecular weight is 183 g/mol. The van der Waals surface area contributed by atoms with Gasteiger partial charge in [0.2, 0.25) is 0 Å². The quantitative estimate of drug-likeness (QED) is 0.602. The van der Waals surface area contributed by atoms with E-state index in [1.807, 2.05) is 7.05 Å². The van der Waals surface area contributed by atoms with Gasteiger partial charge in [0.25, 0.3) is 0 Å². The Labute approximate surface area is 71.5 Å². The largest absolute Gasteiger partial charge is 0.314 e. The molecule has 1 rings (SSSR count). The fourth-order valence-electron chi connectivity index (χ4n) is 1.11. The van der Waals surface area contributed by atoms with Gasteiger partial charge < -0.3 is 5.32 Å². The van der Waals surface area contributed by atoms with Crippen LogP contribution in [0.5, 0.6) is 0 Å². The van der Waals surface area contributed by atoms with Gasteiger partial charge in [-0.15, -0.1) is 23.2 Å². The van der Waals surface area contributed by atoms with Gasteiger partial charge in [0.15, 0.2) is 0 Å². The first-order valence-electron chi connectivity index (χ1n) is 3.41. The van der Waals surface area contributed by atoms with Crippen molar-refractivity contribution in [3.05, 3.63) is 0 Å². The minimum Gasteiger partial charge on any atom is -0.314 e. The lowest BCUT2D eigenvalue weighted by molar-refractivity contribution is 0.210. The molecule has 0 aromatic carbocycles. The zero-order valence-corrected chi connectivity index (χ0v) is 7.49. The molecule has 0 spiro atoms. The summed E-state index contributed by atoms with van der Waals surface area (Å²) in [6, 6.07) is 0.275. The van der Waals surface area contributed by atoms with Crippen LogP contribution >= 0.6 is 23.2 Å². The normalized spacial score (nSPS) is 29.4. The van der Waals surface area contributed by atoms with Crippen LogP contribution in [0, 0.1) is 0 Å². The van der Waals surface area contributed by atoms with E-state index < -0.39 is 0 Å². The molecule has 1 N–H and O–H groups in total. The second-order valence-electron chi connectivity index (χ2n) is 2.59. The Kier molecular flexibility index (Phi) is 3.24. The van der Waals surface area contributed by atoms with Gasteiger partial charge in [-0.1, -0.05) is 0 Å². The van der Waals surface area contributed by atoms with Crippen molar-refractivity contribution in [2.45, 2.75) is 10.9 Å². The summed E-state index contributed by atoms with van der Waals surface area (Å²) in [5, 5.41) is 3.24. The second-order valence-corrected chi connectivity index (χ2v) is 3.75. The first kappa shape index (κ1) is 8.60. The number of nitrogens with zero attached hydrogens (tertiary/aromatic N) is 1. The van der Waals surface area contributed by atoms with Crippen LogP contribution in [0.15, 0.2) is 0 Å². The third-order valence-electron chi connectivity index (χ3n) is 1.85. The molecule has 1 unspecified atom stereocenters. The number of hydrogen-bond donors (Lipinski definition) is 1. The first-order chi connectivity index (χ1) is 4.72. The number of piperazine rings is 1. The molecule has 1 atom stereocenters. The van der Waals surface area contributed by atoms with Crippen molar-refractivity contribution in [2.24, 2.45) is 0 Å². The van der Waals surface area contributed by atoms with E-state index in [2.05, 4.69) is 10.2 Å². The summed E-state index contributed by atoms with van der Waals surface area (Å²) in [7, 11) is 2.04. The van der Waals surface area contributed by atoms with Crippen molar-refractivity contribution in [1.82, 2.24) is 10.2 Å². The maximum atomic E-state index is 5.74. The zero-order chi connectivity index (χ0) is 7.56. The number of hydrogen-bond acceptors (Lipinski definition) is 2. The van der Waals surface area contributed by atoms with E-state index in [-0.39, 0.29) is 10.9 Å². The average Bonchev–Trinajstić information content (AvgIpc) is 1.88. The molecule has 0 amide bonds. The van der Waals surface area contributed by atoms with E-state index in [4.69, 9.17) is 23.2 Å². The molecule has 60 valence electrons. The number of halogens is 2. The van der Waals surface area contributed by atoms with Crippen LogP contribution in [0.25, 0.3) is 0 Å². The third-order valence-corrected chi connectivity index (χ3v) is 2.43. The number of rotatable bonds is 1. The molecule has 0 aliphatic carbocycles. The van der Waals surface area contributed by atoms with Crippen molar-refractivity contribution in [3.8, 4) is 0 Å². The Morgan fingerprint density at radius 1 is 1.60 bits per heavy atom. The van der Waals surface area contributed by atoms with Crippen LogP contribution in [-0.4, -0.2) is 42.5 Å². The Hall–Kier alpha value is 0.500. The zero-order valence-electron chi connectivity index (χ0n) is 5.98. The Bertz CT molecular complexity index is 108. The summed E-state index contributed by atoms with van der Waals surface area (Å²) >= 11 is 11.5. The molecule has 1 saturated heterocycles.